The molecule has 0 spiro atoms. The van der Waals surface area contributed by atoms with Crippen LogP contribution in [0.25, 0.3) is 11.0 Å². The number of ether oxygens (including phenoxy) is 5. The van der Waals surface area contributed by atoms with Crippen LogP contribution in [-0.2, 0) is 11.3 Å². The van der Waals surface area contributed by atoms with Crippen LogP contribution in [0.1, 0.15) is 29.0 Å². The maximum absolute atomic E-state index is 13.3. The summed E-state index contributed by atoms with van der Waals surface area (Å²) < 4.78 is 33.1. The van der Waals surface area contributed by atoms with E-state index in [0.717, 1.165) is 5.56 Å². The number of hydrogen-bond acceptors (Lipinski definition) is 9. The van der Waals surface area contributed by atoms with Gasteiger partial charge in [0, 0.05) is 24.4 Å². The van der Waals surface area contributed by atoms with E-state index in [2.05, 4.69) is 5.32 Å². The lowest BCUT2D eigenvalue weighted by molar-refractivity contribution is -0.121. The molecule has 1 aliphatic rings. The van der Waals surface area contributed by atoms with E-state index in [1.165, 1.54) is 14.2 Å². The Bertz CT molecular complexity index is 1580. The van der Waals surface area contributed by atoms with Crippen molar-refractivity contribution in [3.8, 4) is 34.5 Å². The summed E-state index contributed by atoms with van der Waals surface area (Å²) >= 11 is 0. The van der Waals surface area contributed by atoms with Gasteiger partial charge in [-0.3, -0.25) is 4.79 Å². The molecule has 0 fully saturated rings. The average molecular weight is 534 g/mol. The Balaban J connectivity index is 1.59. The predicted octanol–water partition coefficient (Wildman–Crippen LogP) is 4.09. The van der Waals surface area contributed by atoms with Crippen molar-refractivity contribution in [3.63, 3.8) is 0 Å². The number of hydrogen-bond donors (Lipinski definition) is 2. The van der Waals surface area contributed by atoms with Crippen molar-refractivity contribution in [3.05, 3.63) is 81.7 Å². The molecule has 0 saturated heterocycles. The molecule has 10 heteroatoms. The van der Waals surface area contributed by atoms with E-state index in [1.807, 2.05) is 12.1 Å². The number of nitrogens with one attached hydrogen (secondary N) is 1. The molecule has 5 rings (SSSR count). The van der Waals surface area contributed by atoms with Gasteiger partial charge in [-0.2, -0.15) is 0 Å². The molecule has 0 saturated carbocycles. The first-order valence-corrected chi connectivity index (χ1v) is 12.1. The number of carbonyl (C=O) groups is 1. The van der Waals surface area contributed by atoms with Gasteiger partial charge in [0.2, 0.25) is 24.2 Å². The van der Waals surface area contributed by atoms with Crippen LogP contribution < -0.4 is 34.6 Å². The van der Waals surface area contributed by atoms with Crippen LogP contribution in [-0.4, -0.2) is 39.1 Å². The fourth-order valence-electron chi connectivity index (χ4n) is 4.68. The Hall–Kier alpha value is -4.86. The van der Waals surface area contributed by atoms with Crippen LogP contribution >= 0.6 is 0 Å². The summed E-state index contributed by atoms with van der Waals surface area (Å²) in [5, 5.41) is 14.5. The Morgan fingerprint density at radius 3 is 2.46 bits per heavy atom. The van der Waals surface area contributed by atoms with Gasteiger partial charge in [0.15, 0.2) is 11.5 Å². The Kier molecular flexibility index (Phi) is 7.18. The molecule has 2 heterocycles. The lowest BCUT2D eigenvalue weighted by Gasteiger charge is -2.22. The topological polar surface area (TPSA) is 126 Å². The number of carbonyl (C=O) groups excluding carboxylic acids is 1. The highest BCUT2D eigenvalue weighted by Crippen LogP contribution is 2.53. The summed E-state index contributed by atoms with van der Waals surface area (Å²) in [7, 11) is 4.48. The number of aromatic hydroxyl groups is 1. The normalized spacial score (nSPS) is 12.7. The highest BCUT2D eigenvalue weighted by Gasteiger charge is 2.35. The molecule has 0 radical (unpaired) electrons. The molecule has 4 aromatic rings. The van der Waals surface area contributed by atoms with Gasteiger partial charge in [0.25, 0.3) is 0 Å². The van der Waals surface area contributed by atoms with E-state index < -0.39 is 11.5 Å². The highest BCUT2D eigenvalue weighted by molar-refractivity contribution is 5.85. The molecule has 39 heavy (non-hydrogen) atoms. The fraction of sp³-hybridized carbons (Fsp3) is 0.241. The number of para-hydroxylation sites is 1. The Labute approximate surface area is 223 Å². The minimum Gasteiger partial charge on any atom is -0.507 e. The quantitative estimate of drug-likeness (QED) is 0.306. The molecule has 0 bridgehead atoms. The first kappa shape index (κ1) is 25.8. The number of benzene rings is 3. The zero-order chi connectivity index (χ0) is 27.5. The van der Waals surface area contributed by atoms with Crippen LogP contribution in [0, 0.1) is 0 Å². The summed E-state index contributed by atoms with van der Waals surface area (Å²) in [6.07, 6.45) is -0.216. The molecular weight excluding hydrogens is 506 g/mol. The highest BCUT2D eigenvalue weighted by atomic mass is 16.7. The van der Waals surface area contributed by atoms with E-state index in [9.17, 15) is 14.7 Å². The standard InChI is InChI=1S/C29H27NO9/c1-34-17-10-8-16(9-11-17)14-30-23(31)13-19(24-25(32)18-6-4-5-7-21(18)39-29(24)33)20-12-22(35-2)27-28(26(20)36-3)38-15-37-27/h4-12,19,32H,13-15H2,1-3H3,(H,30,31)/t19-/m0/s1. The summed E-state index contributed by atoms with van der Waals surface area (Å²) in [4.78, 5) is 26.6. The van der Waals surface area contributed by atoms with Gasteiger partial charge in [-0.15, -0.1) is 0 Å². The van der Waals surface area contributed by atoms with Gasteiger partial charge < -0.3 is 38.5 Å². The van der Waals surface area contributed by atoms with Crippen LogP contribution in [0.2, 0.25) is 0 Å². The zero-order valence-electron chi connectivity index (χ0n) is 21.6. The molecule has 0 aliphatic carbocycles. The Morgan fingerprint density at radius 2 is 1.74 bits per heavy atom. The van der Waals surface area contributed by atoms with E-state index in [1.54, 1.807) is 49.6 Å². The van der Waals surface area contributed by atoms with Gasteiger partial charge >= 0.3 is 5.63 Å². The second kappa shape index (κ2) is 10.9. The number of fused-ring (bicyclic) bond motifs is 2. The van der Waals surface area contributed by atoms with Crippen molar-refractivity contribution >= 4 is 16.9 Å². The first-order chi connectivity index (χ1) is 18.9. The number of methoxy groups -OCH3 is 3. The van der Waals surface area contributed by atoms with Gasteiger partial charge in [0.1, 0.15) is 17.1 Å². The molecule has 2 N–H and O–H groups in total. The van der Waals surface area contributed by atoms with Crippen LogP contribution in [0.5, 0.6) is 34.5 Å². The fourth-order valence-corrected chi connectivity index (χ4v) is 4.68. The van der Waals surface area contributed by atoms with Gasteiger partial charge in [-0.25, -0.2) is 4.79 Å². The molecule has 0 unspecified atom stereocenters. The summed E-state index contributed by atoms with van der Waals surface area (Å²) in [5.41, 5.74) is 0.597. The lowest BCUT2D eigenvalue weighted by atomic mass is 9.86. The largest absolute Gasteiger partial charge is 0.507 e. The number of rotatable bonds is 9. The number of amides is 1. The summed E-state index contributed by atoms with van der Waals surface area (Å²) in [6.45, 7) is 0.192. The second-order valence-corrected chi connectivity index (χ2v) is 8.80. The smallest absolute Gasteiger partial charge is 0.343 e. The van der Waals surface area contributed by atoms with E-state index in [0.29, 0.717) is 28.2 Å². The third-order valence-electron chi connectivity index (χ3n) is 6.60. The SMILES string of the molecule is COc1ccc(CNC(=O)C[C@@H](c2cc(OC)c3c(c2OC)OCO3)c2c(O)c3ccccc3oc2=O)cc1. The van der Waals surface area contributed by atoms with Crippen molar-refractivity contribution in [1.29, 1.82) is 0 Å². The van der Waals surface area contributed by atoms with Crippen molar-refractivity contribution in [2.24, 2.45) is 0 Å². The van der Waals surface area contributed by atoms with Crippen LogP contribution in [0.15, 0.2) is 63.8 Å². The average Bonchev–Trinajstić information content (AvgIpc) is 3.45. The summed E-state index contributed by atoms with van der Waals surface area (Å²) in [5.74, 6) is 0.257. The van der Waals surface area contributed by atoms with Crippen molar-refractivity contribution in [2.45, 2.75) is 18.9 Å². The van der Waals surface area contributed by atoms with Crippen molar-refractivity contribution < 1.29 is 38.0 Å². The first-order valence-electron chi connectivity index (χ1n) is 12.1. The molecule has 1 atom stereocenters. The van der Waals surface area contributed by atoms with Gasteiger partial charge in [-0.1, -0.05) is 24.3 Å². The van der Waals surface area contributed by atoms with Crippen LogP contribution in [0.4, 0.5) is 0 Å². The van der Waals surface area contributed by atoms with E-state index >= 15 is 0 Å². The van der Waals surface area contributed by atoms with Crippen LogP contribution in [0.3, 0.4) is 0 Å². The Morgan fingerprint density at radius 1 is 1.00 bits per heavy atom. The third kappa shape index (κ3) is 4.88. The molecule has 1 aromatic heterocycles. The molecule has 10 nitrogen and oxygen atoms in total. The maximum Gasteiger partial charge on any atom is 0.343 e. The van der Waals surface area contributed by atoms with Crippen molar-refractivity contribution in [1.82, 2.24) is 5.32 Å². The minimum absolute atomic E-state index is 0.0537. The lowest BCUT2D eigenvalue weighted by Crippen LogP contribution is -2.27. The molecule has 3 aromatic carbocycles. The van der Waals surface area contributed by atoms with E-state index in [4.69, 9.17) is 28.1 Å². The molecule has 1 aliphatic heterocycles. The summed E-state index contributed by atoms with van der Waals surface area (Å²) in [6, 6.07) is 15.5. The van der Waals surface area contributed by atoms with Crippen molar-refractivity contribution in [2.75, 3.05) is 28.1 Å². The molecule has 202 valence electrons. The second-order valence-electron chi connectivity index (χ2n) is 8.80. The zero-order valence-corrected chi connectivity index (χ0v) is 21.6. The van der Waals surface area contributed by atoms with E-state index in [-0.39, 0.29) is 54.1 Å². The van der Waals surface area contributed by atoms with Gasteiger partial charge in [-0.05, 0) is 35.9 Å². The predicted molar refractivity (Wildman–Crippen MR) is 141 cm³/mol. The minimum atomic E-state index is -0.986. The molecular formula is C29H27NO9. The molecule has 1 amide bonds. The van der Waals surface area contributed by atoms with Gasteiger partial charge in [0.05, 0.1) is 32.3 Å². The third-order valence-corrected chi connectivity index (χ3v) is 6.60. The maximum atomic E-state index is 13.3. The monoisotopic (exact) mass is 533 g/mol.